The maximum atomic E-state index is 12.0. The molecule has 0 radical (unpaired) electrons. The van der Waals surface area contributed by atoms with Crippen LogP contribution in [-0.4, -0.2) is 34.4 Å². The Morgan fingerprint density at radius 1 is 1.53 bits per heavy atom. The summed E-state index contributed by atoms with van der Waals surface area (Å²) in [6.45, 7) is 0. The molecule has 0 spiro atoms. The lowest BCUT2D eigenvalue weighted by Gasteiger charge is -2.27. The van der Waals surface area contributed by atoms with E-state index >= 15 is 0 Å². The summed E-state index contributed by atoms with van der Waals surface area (Å²) in [5, 5.41) is 7.14. The highest BCUT2D eigenvalue weighted by Gasteiger charge is 2.36. The number of hydrogen-bond acceptors (Lipinski definition) is 5. The molecule has 2 heterocycles. The molecule has 0 bridgehead atoms. The van der Waals surface area contributed by atoms with Crippen LogP contribution in [0.15, 0.2) is 4.60 Å². The Labute approximate surface area is 109 Å². The van der Waals surface area contributed by atoms with E-state index in [4.69, 9.17) is 5.73 Å². The van der Waals surface area contributed by atoms with E-state index in [1.807, 2.05) is 0 Å². The van der Waals surface area contributed by atoms with E-state index in [1.165, 1.54) is 4.68 Å². The smallest absolute Gasteiger partial charge is 0.155 e. The number of nitrogens with two attached hydrogens (primary N) is 1. The molecule has 2 N–H and O–H groups in total. The molecule has 0 saturated carbocycles. The lowest BCUT2D eigenvalue weighted by Crippen LogP contribution is -2.38. The van der Waals surface area contributed by atoms with Gasteiger partial charge in [-0.05, 0) is 28.8 Å². The van der Waals surface area contributed by atoms with Crippen molar-refractivity contribution in [2.75, 3.05) is 5.75 Å². The molecule has 0 aliphatic carbocycles. The fourth-order valence-electron chi connectivity index (χ4n) is 2.25. The molecular formula is C9H15BrN4O2S. The Morgan fingerprint density at radius 3 is 2.76 bits per heavy atom. The van der Waals surface area contributed by atoms with Gasteiger partial charge in [0.05, 0.1) is 22.7 Å². The summed E-state index contributed by atoms with van der Waals surface area (Å²) in [6.07, 6.45) is 2.25. The zero-order valence-electron chi connectivity index (χ0n) is 9.50. The lowest BCUT2D eigenvalue weighted by atomic mass is 10.1. The highest BCUT2D eigenvalue weighted by Crippen LogP contribution is 2.31. The van der Waals surface area contributed by atoms with Crippen LogP contribution in [0.2, 0.25) is 0 Å². The number of aromatic nitrogens is 3. The first-order valence-corrected chi connectivity index (χ1v) is 7.96. The predicted molar refractivity (Wildman–Crippen MR) is 67.1 cm³/mol. The van der Waals surface area contributed by atoms with E-state index in [0.29, 0.717) is 16.7 Å². The maximum Gasteiger partial charge on any atom is 0.155 e. The molecule has 0 amide bonds. The van der Waals surface area contributed by atoms with Crippen molar-refractivity contribution in [1.29, 1.82) is 0 Å². The number of halogens is 1. The van der Waals surface area contributed by atoms with Crippen molar-refractivity contribution in [3.63, 3.8) is 0 Å². The molecule has 2 unspecified atom stereocenters. The van der Waals surface area contributed by atoms with Crippen LogP contribution in [0.4, 0.5) is 0 Å². The minimum absolute atomic E-state index is 0.230. The van der Waals surface area contributed by atoms with Crippen molar-refractivity contribution >= 4 is 25.8 Å². The molecule has 8 heteroatoms. The van der Waals surface area contributed by atoms with Crippen LogP contribution in [-0.2, 0) is 16.9 Å². The average molecular weight is 323 g/mol. The number of aryl methyl sites for hydroxylation is 1. The summed E-state index contributed by atoms with van der Waals surface area (Å²) in [7, 11) is -1.39. The molecule has 2 rings (SSSR count). The predicted octanol–water partition coefficient (Wildman–Crippen LogP) is 0.545. The van der Waals surface area contributed by atoms with E-state index in [9.17, 15) is 8.42 Å². The summed E-state index contributed by atoms with van der Waals surface area (Å²) in [5.74, 6) is 0.230. The Morgan fingerprint density at radius 2 is 2.24 bits per heavy atom. The molecule has 1 aromatic rings. The van der Waals surface area contributed by atoms with Gasteiger partial charge in [0.1, 0.15) is 0 Å². The average Bonchev–Trinajstić information content (AvgIpc) is 2.57. The summed E-state index contributed by atoms with van der Waals surface area (Å²) < 4.78 is 26.0. The van der Waals surface area contributed by atoms with Crippen LogP contribution in [0.1, 0.15) is 31.0 Å². The first-order chi connectivity index (χ1) is 7.93. The van der Waals surface area contributed by atoms with E-state index in [1.54, 1.807) is 7.05 Å². The van der Waals surface area contributed by atoms with Gasteiger partial charge in [-0.1, -0.05) is 11.6 Å². The van der Waals surface area contributed by atoms with Crippen molar-refractivity contribution in [3.05, 3.63) is 10.3 Å². The zero-order chi connectivity index (χ0) is 12.6. The topological polar surface area (TPSA) is 90.9 Å². The number of nitrogens with zero attached hydrogens (tertiary/aromatic N) is 3. The third kappa shape index (κ3) is 2.38. The van der Waals surface area contributed by atoms with Crippen LogP contribution in [0.3, 0.4) is 0 Å². The van der Waals surface area contributed by atoms with E-state index in [2.05, 4.69) is 26.2 Å². The second-order valence-corrected chi connectivity index (χ2v) is 7.41. The van der Waals surface area contributed by atoms with Crippen molar-refractivity contribution in [1.82, 2.24) is 15.0 Å². The fourth-order valence-corrected chi connectivity index (χ4v) is 4.85. The molecular weight excluding hydrogens is 308 g/mol. The second kappa shape index (κ2) is 4.66. The maximum absolute atomic E-state index is 12.0. The third-order valence-corrected chi connectivity index (χ3v) is 6.05. The zero-order valence-corrected chi connectivity index (χ0v) is 11.9. The largest absolute Gasteiger partial charge is 0.322 e. The van der Waals surface area contributed by atoms with Gasteiger partial charge in [0.2, 0.25) is 0 Å². The quantitative estimate of drug-likeness (QED) is 0.858. The van der Waals surface area contributed by atoms with Gasteiger partial charge in [0.25, 0.3) is 0 Å². The van der Waals surface area contributed by atoms with Gasteiger partial charge in [-0.3, -0.25) is 0 Å². The van der Waals surface area contributed by atoms with Gasteiger partial charge < -0.3 is 5.73 Å². The molecule has 2 atom stereocenters. The Balaban J connectivity index is 2.34. The van der Waals surface area contributed by atoms with Crippen molar-refractivity contribution in [2.24, 2.45) is 12.8 Å². The number of rotatable bonds is 2. The summed E-state index contributed by atoms with van der Waals surface area (Å²) >= 11 is 3.25. The van der Waals surface area contributed by atoms with Crippen molar-refractivity contribution in [2.45, 2.75) is 30.6 Å². The lowest BCUT2D eigenvalue weighted by molar-refractivity contribution is 0.488. The SMILES string of the molecule is Cn1nnc(Br)c1C(N)C1CCCCS1(=O)=O. The summed E-state index contributed by atoms with van der Waals surface area (Å²) in [6, 6.07) is -0.574. The van der Waals surface area contributed by atoms with Gasteiger partial charge in [-0.15, -0.1) is 5.10 Å². The standard InChI is InChI=1S/C9H15BrN4O2S/c1-14-8(9(10)12-13-14)7(11)6-4-2-3-5-17(6,15)16/h6-7H,2-5,11H2,1H3. The van der Waals surface area contributed by atoms with Crippen LogP contribution in [0.25, 0.3) is 0 Å². The molecule has 6 nitrogen and oxygen atoms in total. The van der Waals surface area contributed by atoms with Gasteiger partial charge in [-0.2, -0.15) is 0 Å². The third-order valence-electron chi connectivity index (χ3n) is 3.17. The van der Waals surface area contributed by atoms with Crippen LogP contribution in [0.5, 0.6) is 0 Å². The molecule has 1 aliphatic heterocycles. The van der Waals surface area contributed by atoms with Crippen LogP contribution >= 0.6 is 15.9 Å². The monoisotopic (exact) mass is 322 g/mol. The van der Waals surface area contributed by atoms with E-state index < -0.39 is 21.1 Å². The first kappa shape index (κ1) is 13.0. The Kier molecular flexibility index (Phi) is 3.55. The molecule has 1 aliphatic rings. The molecule has 1 fully saturated rings. The van der Waals surface area contributed by atoms with E-state index in [-0.39, 0.29) is 5.75 Å². The minimum Gasteiger partial charge on any atom is -0.322 e. The second-order valence-electron chi connectivity index (χ2n) is 4.32. The Bertz CT molecular complexity index is 494. The highest BCUT2D eigenvalue weighted by molar-refractivity contribution is 9.10. The first-order valence-electron chi connectivity index (χ1n) is 5.45. The van der Waals surface area contributed by atoms with Gasteiger partial charge in [-0.25, -0.2) is 13.1 Å². The highest BCUT2D eigenvalue weighted by atomic mass is 79.9. The van der Waals surface area contributed by atoms with Crippen LogP contribution < -0.4 is 5.73 Å². The molecule has 1 aromatic heterocycles. The van der Waals surface area contributed by atoms with Crippen molar-refractivity contribution < 1.29 is 8.42 Å². The van der Waals surface area contributed by atoms with Crippen molar-refractivity contribution in [3.8, 4) is 0 Å². The van der Waals surface area contributed by atoms with Gasteiger partial charge in [0.15, 0.2) is 14.4 Å². The molecule has 17 heavy (non-hydrogen) atoms. The fraction of sp³-hybridized carbons (Fsp3) is 0.778. The van der Waals surface area contributed by atoms with Gasteiger partial charge in [0, 0.05) is 7.05 Å². The summed E-state index contributed by atoms with van der Waals surface area (Å²) in [5.41, 5.74) is 6.72. The molecule has 1 saturated heterocycles. The van der Waals surface area contributed by atoms with Gasteiger partial charge >= 0.3 is 0 Å². The molecule has 96 valence electrons. The van der Waals surface area contributed by atoms with Crippen LogP contribution in [0, 0.1) is 0 Å². The normalized spacial score (nSPS) is 25.7. The minimum atomic E-state index is -3.10. The number of hydrogen-bond donors (Lipinski definition) is 1. The Hall–Kier alpha value is -0.470. The molecule has 0 aromatic carbocycles. The summed E-state index contributed by atoms with van der Waals surface area (Å²) in [4.78, 5) is 0. The number of sulfone groups is 1. The van der Waals surface area contributed by atoms with E-state index in [0.717, 1.165) is 12.8 Å².